The first-order valence-electron chi connectivity index (χ1n) is 8.05. The number of carbonyl (C=O) groups is 2. The van der Waals surface area contributed by atoms with Crippen LogP contribution in [0.15, 0.2) is 66.3 Å². The van der Waals surface area contributed by atoms with Gasteiger partial charge < -0.3 is 0 Å². The molecule has 0 amide bonds. The van der Waals surface area contributed by atoms with Gasteiger partial charge in [0.1, 0.15) is 0 Å². The molecule has 0 radical (unpaired) electrons. The van der Waals surface area contributed by atoms with Crippen molar-refractivity contribution in [3.05, 3.63) is 88.5 Å². The van der Waals surface area contributed by atoms with E-state index in [4.69, 9.17) is 0 Å². The lowest BCUT2D eigenvalue weighted by molar-refractivity contribution is -0.118. The summed E-state index contributed by atoms with van der Waals surface area (Å²) in [7, 11) is 0. The van der Waals surface area contributed by atoms with Gasteiger partial charge in [-0.2, -0.15) is 0 Å². The van der Waals surface area contributed by atoms with E-state index in [0.29, 0.717) is 11.1 Å². The number of aryl methyl sites for hydroxylation is 1. The summed E-state index contributed by atoms with van der Waals surface area (Å²) < 4.78 is 0. The molecule has 2 aromatic rings. The summed E-state index contributed by atoms with van der Waals surface area (Å²) in [4.78, 5) is 25.3. The summed E-state index contributed by atoms with van der Waals surface area (Å²) >= 11 is 0. The van der Waals surface area contributed by atoms with Crippen molar-refractivity contribution in [1.82, 2.24) is 0 Å². The molecule has 2 aromatic carbocycles. The van der Waals surface area contributed by atoms with Crippen molar-refractivity contribution in [2.75, 3.05) is 0 Å². The number of Topliss-reactive ketones (excluding diaryl/α,β-unsaturated/α-hetero) is 1. The summed E-state index contributed by atoms with van der Waals surface area (Å²) in [5, 5.41) is 0. The monoisotopic (exact) mass is 316 g/mol. The zero-order valence-corrected chi connectivity index (χ0v) is 14.2. The Hall–Kier alpha value is -2.74. The van der Waals surface area contributed by atoms with Crippen LogP contribution < -0.4 is 0 Å². The van der Waals surface area contributed by atoms with Crippen LogP contribution in [0.25, 0.3) is 6.08 Å². The minimum absolute atomic E-state index is 0.0371. The van der Waals surface area contributed by atoms with Crippen LogP contribution in [-0.2, 0) is 10.2 Å². The normalized spacial score (nSPS) is 20.0. The quantitative estimate of drug-likeness (QED) is 0.609. The fraction of sp³-hybridized carbons (Fsp3) is 0.182. The highest BCUT2D eigenvalue weighted by molar-refractivity contribution is 6.12. The molecule has 0 fully saturated rings. The molecular weight excluding hydrogens is 296 g/mol. The second kappa shape index (κ2) is 6.04. The van der Waals surface area contributed by atoms with E-state index in [-0.39, 0.29) is 11.6 Å². The van der Waals surface area contributed by atoms with Crippen molar-refractivity contribution < 1.29 is 9.59 Å². The van der Waals surface area contributed by atoms with Crippen LogP contribution in [0.2, 0.25) is 0 Å². The van der Waals surface area contributed by atoms with E-state index in [9.17, 15) is 9.59 Å². The van der Waals surface area contributed by atoms with Gasteiger partial charge in [0.25, 0.3) is 0 Å². The number of hydrogen-bond acceptors (Lipinski definition) is 2. The molecule has 0 N–H and O–H groups in total. The van der Waals surface area contributed by atoms with E-state index in [1.54, 1.807) is 6.08 Å². The Bertz CT molecular complexity index is 886. The molecule has 1 atom stereocenters. The summed E-state index contributed by atoms with van der Waals surface area (Å²) in [6, 6.07) is 15.3. The third-order valence-corrected chi connectivity index (χ3v) is 4.70. The van der Waals surface area contributed by atoms with Crippen LogP contribution in [-0.4, -0.2) is 11.6 Å². The van der Waals surface area contributed by atoms with Crippen LogP contribution >= 0.6 is 0 Å². The van der Waals surface area contributed by atoms with Gasteiger partial charge >= 0.3 is 0 Å². The summed E-state index contributed by atoms with van der Waals surface area (Å²) in [5.74, 6) is -0.0400. The van der Waals surface area contributed by atoms with Crippen molar-refractivity contribution in [1.29, 1.82) is 0 Å². The molecule has 2 heteroatoms. The van der Waals surface area contributed by atoms with Crippen LogP contribution in [0.4, 0.5) is 0 Å². The van der Waals surface area contributed by atoms with Gasteiger partial charge in [-0.25, -0.2) is 0 Å². The Labute approximate surface area is 142 Å². The van der Waals surface area contributed by atoms with Crippen LogP contribution in [0, 0.1) is 6.92 Å². The number of carbonyl (C=O) groups excluding carboxylic acids is 2. The highest BCUT2D eigenvalue weighted by atomic mass is 16.1. The lowest BCUT2D eigenvalue weighted by atomic mass is 9.70. The topological polar surface area (TPSA) is 34.1 Å². The first kappa shape index (κ1) is 16.1. The standard InChI is InChI=1S/C22H20O2/c1-15-8-4-6-10-18(15)20(23)12-13-22(3)19-11-7-5-9-17(19)14-16(2)21(22)24/h4-14H,1-3H3/b13-12-/t22-/m1/s1. The number of fused-ring (bicyclic) bond motifs is 1. The highest BCUT2D eigenvalue weighted by Gasteiger charge is 2.37. The van der Waals surface area contributed by atoms with Crippen molar-refractivity contribution in [3.8, 4) is 0 Å². The fourth-order valence-electron chi connectivity index (χ4n) is 3.27. The maximum Gasteiger partial charge on any atom is 0.185 e. The molecule has 0 bridgehead atoms. The number of rotatable bonds is 3. The zero-order chi connectivity index (χ0) is 17.3. The maximum absolute atomic E-state index is 12.8. The second-order valence-electron chi connectivity index (χ2n) is 6.46. The second-order valence-corrected chi connectivity index (χ2v) is 6.46. The molecule has 0 saturated heterocycles. The highest BCUT2D eigenvalue weighted by Crippen LogP contribution is 2.37. The average Bonchev–Trinajstić information content (AvgIpc) is 2.58. The van der Waals surface area contributed by atoms with Gasteiger partial charge in [-0.05, 0) is 55.2 Å². The first-order valence-corrected chi connectivity index (χ1v) is 8.05. The van der Waals surface area contributed by atoms with E-state index in [1.807, 2.05) is 75.4 Å². The van der Waals surface area contributed by atoms with E-state index < -0.39 is 5.41 Å². The van der Waals surface area contributed by atoms with Crippen LogP contribution in [0.5, 0.6) is 0 Å². The molecule has 0 spiro atoms. The first-order chi connectivity index (χ1) is 11.4. The molecule has 1 aliphatic carbocycles. The third kappa shape index (κ3) is 2.65. The van der Waals surface area contributed by atoms with Crippen LogP contribution in [0.3, 0.4) is 0 Å². The van der Waals surface area contributed by atoms with Crippen LogP contribution in [0.1, 0.15) is 40.9 Å². The summed E-state index contributed by atoms with van der Waals surface area (Å²) in [6.45, 7) is 5.62. The SMILES string of the molecule is CC1=Cc2ccccc2[C@@](C)(/C=C\C(=O)c2ccccc2C)C1=O. The van der Waals surface area contributed by atoms with Gasteiger partial charge in [0.2, 0.25) is 0 Å². The van der Waals surface area contributed by atoms with Gasteiger partial charge in [0, 0.05) is 5.56 Å². The fourth-order valence-corrected chi connectivity index (χ4v) is 3.27. The van der Waals surface area contributed by atoms with E-state index >= 15 is 0 Å². The molecular formula is C22H20O2. The Morgan fingerprint density at radius 3 is 2.42 bits per heavy atom. The number of allylic oxidation sites excluding steroid dienone is 3. The third-order valence-electron chi connectivity index (χ3n) is 4.70. The maximum atomic E-state index is 12.8. The largest absolute Gasteiger partial charge is 0.293 e. The molecule has 0 unspecified atom stereocenters. The Balaban J connectivity index is 2.02. The van der Waals surface area contributed by atoms with Crippen molar-refractivity contribution >= 4 is 17.6 Å². The smallest absolute Gasteiger partial charge is 0.185 e. The van der Waals surface area contributed by atoms with Gasteiger partial charge in [0.15, 0.2) is 11.6 Å². The number of hydrogen-bond donors (Lipinski definition) is 0. The molecule has 2 nitrogen and oxygen atoms in total. The molecule has 3 rings (SSSR count). The van der Waals surface area contributed by atoms with Gasteiger partial charge in [-0.1, -0.05) is 54.6 Å². The Morgan fingerprint density at radius 2 is 1.67 bits per heavy atom. The number of benzene rings is 2. The minimum atomic E-state index is -0.812. The average molecular weight is 316 g/mol. The lowest BCUT2D eigenvalue weighted by Gasteiger charge is -2.31. The number of ketones is 2. The molecule has 24 heavy (non-hydrogen) atoms. The lowest BCUT2D eigenvalue weighted by Crippen LogP contribution is -2.34. The summed E-state index contributed by atoms with van der Waals surface area (Å²) in [5.41, 5.74) is 3.47. The summed E-state index contributed by atoms with van der Waals surface area (Å²) in [6.07, 6.45) is 5.20. The predicted molar refractivity (Wildman–Crippen MR) is 97.1 cm³/mol. The van der Waals surface area contributed by atoms with Crippen molar-refractivity contribution in [2.45, 2.75) is 26.2 Å². The minimum Gasteiger partial charge on any atom is -0.293 e. The molecule has 0 aliphatic heterocycles. The van der Waals surface area contributed by atoms with E-state index in [1.165, 1.54) is 6.08 Å². The Kier molecular flexibility index (Phi) is 4.06. The molecule has 120 valence electrons. The molecule has 0 heterocycles. The van der Waals surface area contributed by atoms with E-state index in [2.05, 4.69) is 0 Å². The molecule has 1 aliphatic rings. The van der Waals surface area contributed by atoms with Crippen molar-refractivity contribution in [3.63, 3.8) is 0 Å². The zero-order valence-electron chi connectivity index (χ0n) is 14.2. The van der Waals surface area contributed by atoms with E-state index in [0.717, 1.165) is 16.7 Å². The Morgan fingerprint density at radius 1 is 1.00 bits per heavy atom. The van der Waals surface area contributed by atoms with Gasteiger partial charge in [-0.15, -0.1) is 0 Å². The van der Waals surface area contributed by atoms with Crippen molar-refractivity contribution in [2.24, 2.45) is 0 Å². The molecule has 0 saturated carbocycles. The van der Waals surface area contributed by atoms with Gasteiger partial charge in [-0.3, -0.25) is 9.59 Å². The van der Waals surface area contributed by atoms with Gasteiger partial charge in [0.05, 0.1) is 5.41 Å². The predicted octanol–water partition coefficient (Wildman–Crippen LogP) is 4.68. The molecule has 0 aromatic heterocycles.